The molecule has 0 aliphatic carbocycles. The molecule has 0 radical (unpaired) electrons. The Morgan fingerprint density at radius 3 is 2.29 bits per heavy atom. The molecule has 15 heteroatoms. The van der Waals surface area contributed by atoms with E-state index in [1.54, 1.807) is 13.8 Å². The number of imide groups is 1. The highest BCUT2D eigenvalue weighted by atomic mass is 32.2. The molecule has 2 aliphatic rings. The maximum Gasteiger partial charge on any atom is 0.418 e. The Bertz CT molecular complexity index is 1640. The van der Waals surface area contributed by atoms with Crippen LogP contribution < -0.4 is 15.1 Å². The van der Waals surface area contributed by atoms with Crippen molar-refractivity contribution < 1.29 is 40.7 Å². The number of halogens is 6. The minimum atomic E-state index is -4.83. The molecule has 0 spiro atoms. The SMILES string of the molecule is CC1(C)c2sc(=O)n(CC(=O)Nc3cccc(C(F)(F)F)c3)c2SC2C(=O)N(c3ccccc3C(F)(F)F)C(=O)C21. The monoisotopic (exact) mass is 615 g/mol. The third-order valence-electron chi connectivity index (χ3n) is 6.93. The fourth-order valence-corrected chi connectivity index (χ4v) is 8.07. The van der Waals surface area contributed by atoms with Gasteiger partial charge >= 0.3 is 17.2 Å². The van der Waals surface area contributed by atoms with Gasteiger partial charge in [-0.05, 0) is 30.3 Å². The van der Waals surface area contributed by atoms with Gasteiger partial charge in [-0.15, -0.1) is 0 Å². The van der Waals surface area contributed by atoms with E-state index < -0.39 is 74.9 Å². The van der Waals surface area contributed by atoms with Crippen LogP contribution in [0.4, 0.5) is 37.7 Å². The minimum absolute atomic E-state index is 0.148. The molecule has 5 rings (SSSR count). The van der Waals surface area contributed by atoms with E-state index in [1.165, 1.54) is 12.1 Å². The second-order valence-corrected chi connectivity index (χ2v) is 12.1. The average Bonchev–Trinajstić information content (AvgIpc) is 3.32. The molecule has 1 saturated heterocycles. The lowest BCUT2D eigenvalue weighted by Gasteiger charge is -2.36. The number of nitrogens with one attached hydrogen (secondary N) is 1. The van der Waals surface area contributed by atoms with E-state index in [0.717, 1.165) is 64.1 Å². The Labute approximate surface area is 236 Å². The Hall–Kier alpha value is -3.59. The highest BCUT2D eigenvalue weighted by Crippen LogP contribution is 2.55. The van der Waals surface area contributed by atoms with Crippen LogP contribution in [-0.2, 0) is 38.7 Å². The first-order valence-corrected chi connectivity index (χ1v) is 13.6. The number of para-hydroxylation sites is 1. The first-order valence-electron chi connectivity index (χ1n) is 11.9. The normalized spacial score (nSPS) is 20.1. The number of benzene rings is 2. The van der Waals surface area contributed by atoms with Gasteiger partial charge in [0.05, 0.1) is 27.8 Å². The smallest absolute Gasteiger partial charge is 0.325 e. The van der Waals surface area contributed by atoms with Crippen molar-refractivity contribution >= 4 is 52.2 Å². The maximum atomic E-state index is 13.7. The molecule has 1 aromatic heterocycles. The summed E-state index contributed by atoms with van der Waals surface area (Å²) in [7, 11) is 0. The highest BCUT2D eigenvalue weighted by molar-refractivity contribution is 8.00. The Morgan fingerprint density at radius 1 is 0.951 bits per heavy atom. The van der Waals surface area contributed by atoms with Crippen molar-refractivity contribution in [1.29, 1.82) is 0 Å². The molecule has 0 saturated carbocycles. The number of hydrogen-bond acceptors (Lipinski definition) is 6. The molecule has 1 N–H and O–H groups in total. The zero-order valence-corrected chi connectivity index (χ0v) is 22.7. The van der Waals surface area contributed by atoms with E-state index >= 15 is 0 Å². The van der Waals surface area contributed by atoms with Gasteiger partial charge in [0.2, 0.25) is 17.7 Å². The van der Waals surface area contributed by atoms with Crippen molar-refractivity contribution in [2.45, 2.75) is 48.4 Å². The first-order chi connectivity index (χ1) is 19.0. The van der Waals surface area contributed by atoms with Crippen molar-refractivity contribution in [3.8, 4) is 0 Å². The summed E-state index contributed by atoms with van der Waals surface area (Å²) >= 11 is 1.54. The summed E-state index contributed by atoms with van der Waals surface area (Å²) in [6.45, 7) is 2.58. The lowest BCUT2D eigenvalue weighted by Crippen LogP contribution is -2.42. The zero-order valence-electron chi connectivity index (χ0n) is 21.1. The number of amides is 3. The molecule has 2 atom stereocenters. The molecule has 3 aromatic rings. The number of thiazole rings is 1. The van der Waals surface area contributed by atoms with Crippen molar-refractivity contribution in [3.05, 3.63) is 74.2 Å². The van der Waals surface area contributed by atoms with Gasteiger partial charge in [-0.3, -0.25) is 23.7 Å². The summed E-state index contributed by atoms with van der Waals surface area (Å²) in [6, 6.07) is 8.17. The van der Waals surface area contributed by atoms with Crippen LogP contribution in [0.3, 0.4) is 0 Å². The number of hydrogen-bond donors (Lipinski definition) is 1. The number of alkyl halides is 6. The lowest BCUT2D eigenvalue weighted by molar-refractivity contribution is -0.138. The molecule has 2 unspecified atom stereocenters. The van der Waals surface area contributed by atoms with Gasteiger partial charge < -0.3 is 5.32 Å². The van der Waals surface area contributed by atoms with Gasteiger partial charge in [-0.1, -0.05) is 55.1 Å². The predicted octanol–water partition coefficient (Wildman–Crippen LogP) is 5.53. The van der Waals surface area contributed by atoms with Crippen LogP contribution in [-0.4, -0.2) is 27.5 Å². The fraction of sp³-hybridized carbons (Fsp3) is 0.308. The minimum Gasteiger partial charge on any atom is -0.325 e. The number of nitrogens with zero attached hydrogens (tertiary/aromatic N) is 2. The van der Waals surface area contributed by atoms with E-state index in [4.69, 9.17) is 0 Å². The van der Waals surface area contributed by atoms with Crippen molar-refractivity contribution in [2.24, 2.45) is 5.92 Å². The Kier molecular flexibility index (Phi) is 6.88. The number of anilines is 2. The van der Waals surface area contributed by atoms with Crippen LogP contribution in [0.1, 0.15) is 29.9 Å². The third kappa shape index (κ3) is 4.94. The molecule has 3 heterocycles. The lowest BCUT2D eigenvalue weighted by atomic mass is 9.76. The molecular weight excluding hydrogens is 596 g/mol. The largest absolute Gasteiger partial charge is 0.418 e. The fourth-order valence-electron chi connectivity index (χ4n) is 5.03. The van der Waals surface area contributed by atoms with Crippen LogP contribution in [0.25, 0.3) is 0 Å². The molecule has 0 bridgehead atoms. The van der Waals surface area contributed by atoms with E-state index in [-0.39, 0.29) is 10.7 Å². The summed E-state index contributed by atoms with van der Waals surface area (Å²) in [5, 5.41) is 1.33. The summed E-state index contributed by atoms with van der Waals surface area (Å²) in [5.41, 5.74) is -4.05. The standard InChI is InChI=1S/C26H19F6N3O4S2/c1-24(2)17-18(21(38)35(20(17)37)15-9-4-3-8-14(15)26(30,31)32)40-22-19(24)41-23(39)34(22)11-16(36)33-13-7-5-6-12(10-13)25(27,28)29/h3-10,17-18H,11H2,1-2H3,(H,33,36). The molecule has 2 aliphatic heterocycles. The quantitative estimate of drug-likeness (QED) is 0.308. The number of carbonyl (C=O) groups is 3. The van der Waals surface area contributed by atoms with Crippen LogP contribution in [0, 0.1) is 5.92 Å². The van der Waals surface area contributed by atoms with E-state index in [1.807, 2.05) is 0 Å². The second kappa shape index (κ2) is 9.76. The average molecular weight is 616 g/mol. The summed E-state index contributed by atoms with van der Waals surface area (Å²) < 4.78 is 81.3. The number of carbonyl (C=O) groups excluding carboxylic acids is 3. The molecule has 41 heavy (non-hydrogen) atoms. The summed E-state index contributed by atoms with van der Waals surface area (Å²) in [5.74, 6) is -3.64. The molecule has 3 amide bonds. The Morgan fingerprint density at radius 2 is 1.63 bits per heavy atom. The zero-order chi connectivity index (χ0) is 30.1. The number of fused-ring (bicyclic) bond motifs is 2. The number of aromatic nitrogens is 1. The van der Waals surface area contributed by atoms with E-state index in [9.17, 15) is 45.5 Å². The van der Waals surface area contributed by atoms with Gasteiger partial charge in [-0.2, -0.15) is 26.3 Å². The van der Waals surface area contributed by atoms with Gasteiger partial charge in [0.15, 0.2) is 0 Å². The molecular formula is C26H19F6N3O4S2. The predicted molar refractivity (Wildman–Crippen MR) is 139 cm³/mol. The van der Waals surface area contributed by atoms with Crippen molar-refractivity contribution in [2.75, 3.05) is 10.2 Å². The number of thioether (sulfide) groups is 1. The molecule has 1 fully saturated rings. The van der Waals surface area contributed by atoms with Crippen LogP contribution in [0.15, 0.2) is 58.4 Å². The van der Waals surface area contributed by atoms with Crippen molar-refractivity contribution in [1.82, 2.24) is 4.57 Å². The topological polar surface area (TPSA) is 88.5 Å². The van der Waals surface area contributed by atoms with E-state index in [2.05, 4.69) is 5.32 Å². The van der Waals surface area contributed by atoms with Gasteiger partial charge in [-0.25, -0.2) is 4.90 Å². The summed E-state index contributed by atoms with van der Waals surface area (Å²) in [6.07, 6.45) is -9.47. The van der Waals surface area contributed by atoms with Crippen LogP contribution in [0.2, 0.25) is 0 Å². The molecule has 7 nitrogen and oxygen atoms in total. The van der Waals surface area contributed by atoms with Crippen LogP contribution in [0.5, 0.6) is 0 Å². The maximum absolute atomic E-state index is 13.7. The van der Waals surface area contributed by atoms with Gasteiger partial charge in [0, 0.05) is 16.0 Å². The molecule has 216 valence electrons. The Balaban J connectivity index is 1.46. The molecule has 2 aromatic carbocycles. The summed E-state index contributed by atoms with van der Waals surface area (Å²) in [4.78, 5) is 53.0. The van der Waals surface area contributed by atoms with E-state index in [0.29, 0.717) is 9.78 Å². The van der Waals surface area contributed by atoms with Crippen molar-refractivity contribution in [3.63, 3.8) is 0 Å². The third-order valence-corrected chi connectivity index (χ3v) is 9.75. The highest BCUT2D eigenvalue weighted by Gasteiger charge is 2.60. The first kappa shape index (κ1) is 28.9. The van der Waals surface area contributed by atoms with Gasteiger partial charge in [0.1, 0.15) is 11.8 Å². The number of rotatable bonds is 4. The van der Waals surface area contributed by atoms with Crippen LogP contribution >= 0.6 is 23.1 Å². The second-order valence-electron chi connectivity index (χ2n) is 9.98. The van der Waals surface area contributed by atoms with Gasteiger partial charge in [0.25, 0.3) is 0 Å².